The lowest BCUT2D eigenvalue weighted by molar-refractivity contribution is -0.118. The minimum Gasteiger partial charge on any atom is -0.298 e. The van der Waals surface area contributed by atoms with E-state index in [2.05, 4.69) is 0 Å². The molecule has 88 valence electrons. The van der Waals surface area contributed by atoms with E-state index in [1.54, 1.807) is 19.1 Å². The van der Waals surface area contributed by atoms with Crippen LogP contribution in [0.1, 0.15) is 20.3 Å². The number of halogens is 1. The second kappa shape index (κ2) is 4.97. The fourth-order valence-corrected chi connectivity index (χ4v) is 3.29. The first-order valence-corrected chi connectivity index (χ1v) is 6.84. The number of hydrogen-bond donors (Lipinski definition) is 0. The van der Waals surface area contributed by atoms with Crippen LogP contribution in [0.15, 0.2) is 29.2 Å². The van der Waals surface area contributed by atoms with Gasteiger partial charge in [0.15, 0.2) is 15.6 Å². The van der Waals surface area contributed by atoms with Crippen molar-refractivity contribution in [2.75, 3.05) is 0 Å². The maximum atomic E-state index is 12.0. The SMILES string of the molecule is CCC(=O)C(C)S(=O)(=O)c1ccccc1Cl. The topological polar surface area (TPSA) is 51.2 Å². The zero-order valence-corrected chi connectivity index (χ0v) is 10.7. The van der Waals surface area contributed by atoms with E-state index in [4.69, 9.17) is 11.6 Å². The normalized spacial score (nSPS) is 13.4. The summed E-state index contributed by atoms with van der Waals surface area (Å²) in [6.45, 7) is 3.03. The Balaban J connectivity index is 3.23. The van der Waals surface area contributed by atoms with Crippen LogP contribution >= 0.6 is 11.6 Å². The van der Waals surface area contributed by atoms with Crippen LogP contribution in [-0.4, -0.2) is 19.5 Å². The predicted molar refractivity (Wildman–Crippen MR) is 63.4 cm³/mol. The quantitative estimate of drug-likeness (QED) is 0.836. The zero-order valence-electron chi connectivity index (χ0n) is 9.10. The van der Waals surface area contributed by atoms with Gasteiger partial charge in [0.05, 0.1) is 9.92 Å². The lowest BCUT2D eigenvalue weighted by atomic mass is 10.2. The summed E-state index contributed by atoms with van der Waals surface area (Å²) >= 11 is 5.81. The molecule has 0 aliphatic rings. The van der Waals surface area contributed by atoms with Gasteiger partial charge in [-0.15, -0.1) is 0 Å². The Kier molecular flexibility index (Phi) is 4.10. The highest BCUT2D eigenvalue weighted by atomic mass is 35.5. The van der Waals surface area contributed by atoms with E-state index >= 15 is 0 Å². The van der Waals surface area contributed by atoms with Crippen molar-refractivity contribution < 1.29 is 13.2 Å². The third kappa shape index (κ3) is 2.44. The highest BCUT2D eigenvalue weighted by Crippen LogP contribution is 2.25. The highest BCUT2D eigenvalue weighted by Gasteiger charge is 2.29. The van der Waals surface area contributed by atoms with Crippen molar-refractivity contribution in [2.45, 2.75) is 30.4 Å². The van der Waals surface area contributed by atoms with E-state index in [1.165, 1.54) is 19.1 Å². The van der Waals surface area contributed by atoms with E-state index in [1.807, 2.05) is 0 Å². The minimum absolute atomic E-state index is 0.0194. The number of carbonyl (C=O) groups excluding carboxylic acids is 1. The summed E-state index contributed by atoms with van der Waals surface area (Å²) in [5.41, 5.74) is 0. The van der Waals surface area contributed by atoms with Crippen LogP contribution in [0.3, 0.4) is 0 Å². The first-order valence-electron chi connectivity index (χ1n) is 4.92. The molecule has 16 heavy (non-hydrogen) atoms. The molecule has 0 amide bonds. The summed E-state index contributed by atoms with van der Waals surface area (Å²) in [6.07, 6.45) is 0.199. The Bertz CT molecular complexity index is 494. The fourth-order valence-electron chi connectivity index (χ4n) is 1.33. The molecule has 1 aromatic carbocycles. The molecule has 1 rings (SSSR count). The average Bonchev–Trinajstić information content (AvgIpc) is 2.27. The Morgan fingerprint density at radius 2 is 1.94 bits per heavy atom. The Hall–Kier alpha value is -0.870. The van der Waals surface area contributed by atoms with Crippen molar-refractivity contribution in [3.8, 4) is 0 Å². The molecule has 0 bridgehead atoms. The van der Waals surface area contributed by atoms with E-state index in [-0.39, 0.29) is 22.1 Å². The number of Topliss-reactive ketones (excluding diaryl/α,β-unsaturated/α-hetero) is 1. The molecule has 0 radical (unpaired) electrons. The van der Waals surface area contributed by atoms with E-state index in [9.17, 15) is 13.2 Å². The van der Waals surface area contributed by atoms with Crippen molar-refractivity contribution in [3.63, 3.8) is 0 Å². The first kappa shape index (κ1) is 13.2. The van der Waals surface area contributed by atoms with Gasteiger partial charge in [-0.25, -0.2) is 8.42 Å². The molecule has 1 aromatic rings. The van der Waals surface area contributed by atoms with Gasteiger partial charge in [0, 0.05) is 6.42 Å². The summed E-state index contributed by atoms with van der Waals surface area (Å²) in [4.78, 5) is 11.4. The van der Waals surface area contributed by atoms with Crippen LogP contribution in [0, 0.1) is 0 Å². The van der Waals surface area contributed by atoms with Crippen LogP contribution < -0.4 is 0 Å². The van der Waals surface area contributed by atoms with Gasteiger partial charge < -0.3 is 0 Å². The maximum Gasteiger partial charge on any atom is 0.189 e. The van der Waals surface area contributed by atoms with Crippen LogP contribution in [0.5, 0.6) is 0 Å². The Morgan fingerprint density at radius 3 is 2.44 bits per heavy atom. The van der Waals surface area contributed by atoms with Crippen LogP contribution in [-0.2, 0) is 14.6 Å². The van der Waals surface area contributed by atoms with E-state index in [0.717, 1.165) is 0 Å². The summed E-state index contributed by atoms with van der Waals surface area (Å²) in [5, 5.41) is -0.893. The van der Waals surface area contributed by atoms with Gasteiger partial charge in [0.1, 0.15) is 5.25 Å². The number of rotatable bonds is 4. The molecule has 0 N–H and O–H groups in total. The smallest absolute Gasteiger partial charge is 0.189 e. The number of hydrogen-bond acceptors (Lipinski definition) is 3. The molecule has 3 nitrogen and oxygen atoms in total. The highest BCUT2D eigenvalue weighted by molar-refractivity contribution is 7.92. The van der Waals surface area contributed by atoms with E-state index in [0.29, 0.717) is 0 Å². The Morgan fingerprint density at radius 1 is 1.38 bits per heavy atom. The zero-order chi connectivity index (χ0) is 12.3. The summed E-state index contributed by atoms with van der Waals surface area (Å²) in [7, 11) is -3.66. The lowest BCUT2D eigenvalue weighted by Gasteiger charge is -2.11. The van der Waals surface area contributed by atoms with Crippen LogP contribution in [0.4, 0.5) is 0 Å². The third-order valence-corrected chi connectivity index (χ3v) is 5.01. The summed E-state index contributed by atoms with van der Waals surface area (Å²) in [6, 6.07) is 6.14. The molecule has 0 fully saturated rings. The molecule has 1 atom stereocenters. The first-order chi connectivity index (χ1) is 7.41. The average molecular weight is 261 g/mol. The van der Waals surface area contributed by atoms with Gasteiger partial charge in [-0.1, -0.05) is 30.7 Å². The molecule has 0 aliphatic heterocycles. The van der Waals surface area contributed by atoms with E-state index < -0.39 is 15.1 Å². The minimum atomic E-state index is -3.66. The molecule has 0 saturated heterocycles. The van der Waals surface area contributed by atoms with Gasteiger partial charge in [-0.2, -0.15) is 0 Å². The second-order valence-corrected chi connectivity index (χ2v) is 6.08. The molecular weight excluding hydrogens is 248 g/mol. The largest absolute Gasteiger partial charge is 0.298 e. The van der Waals surface area contributed by atoms with Gasteiger partial charge >= 0.3 is 0 Å². The molecule has 5 heteroatoms. The van der Waals surface area contributed by atoms with Crippen molar-refractivity contribution in [3.05, 3.63) is 29.3 Å². The maximum absolute atomic E-state index is 12.0. The van der Waals surface area contributed by atoms with Crippen molar-refractivity contribution in [2.24, 2.45) is 0 Å². The fraction of sp³-hybridized carbons (Fsp3) is 0.364. The molecule has 1 unspecified atom stereocenters. The molecule has 0 saturated carbocycles. The number of benzene rings is 1. The number of ketones is 1. The van der Waals surface area contributed by atoms with Crippen LogP contribution in [0.2, 0.25) is 5.02 Å². The van der Waals surface area contributed by atoms with Crippen LogP contribution in [0.25, 0.3) is 0 Å². The summed E-state index contributed by atoms with van der Waals surface area (Å²) < 4.78 is 24.1. The van der Waals surface area contributed by atoms with Gasteiger partial charge in [-0.05, 0) is 19.1 Å². The number of carbonyl (C=O) groups is 1. The standard InChI is InChI=1S/C11H13ClO3S/c1-3-10(13)8(2)16(14,15)11-7-5-4-6-9(11)12/h4-8H,3H2,1-2H3. The second-order valence-electron chi connectivity index (χ2n) is 3.44. The van der Waals surface area contributed by atoms with Gasteiger partial charge in [0.25, 0.3) is 0 Å². The number of sulfone groups is 1. The monoisotopic (exact) mass is 260 g/mol. The van der Waals surface area contributed by atoms with Gasteiger partial charge in [0.2, 0.25) is 0 Å². The molecule has 0 aliphatic carbocycles. The molecule has 0 spiro atoms. The lowest BCUT2D eigenvalue weighted by Crippen LogP contribution is -2.27. The van der Waals surface area contributed by atoms with Crippen molar-refractivity contribution in [1.29, 1.82) is 0 Å². The summed E-state index contributed by atoms with van der Waals surface area (Å²) in [5.74, 6) is -0.306. The third-order valence-electron chi connectivity index (χ3n) is 2.41. The predicted octanol–water partition coefficient (Wildman–Crippen LogP) is 2.48. The van der Waals surface area contributed by atoms with Gasteiger partial charge in [-0.3, -0.25) is 4.79 Å². The molecular formula is C11H13ClO3S. The van der Waals surface area contributed by atoms with Crippen molar-refractivity contribution in [1.82, 2.24) is 0 Å². The van der Waals surface area contributed by atoms with Crippen molar-refractivity contribution >= 4 is 27.2 Å². The molecule has 0 heterocycles. The Labute approximate surface area is 100 Å². The molecule has 0 aromatic heterocycles.